The molecule has 0 heterocycles. The average molecular weight is 661 g/mol. The second-order valence-corrected chi connectivity index (χ2v) is 12.4. The Morgan fingerprint density at radius 3 is 1.09 bits per heavy atom. The number of methoxy groups -OCH3 is 9. The molecule has 0 aromatic carbocycles. The minimum absolute atomic E-state index is 0.000309. The van der Waals surface area contributed by atoms with E-state index in [0.717, 1.165) is 64.2 Å². The molecule has 0 bridgehead atoms. The standard InChI is InChI=1S/C37H72O9/c1-13-15-16-17-19-28(3)37(46-12)27-36(45-11)26-35(44-10)25-34(43-9)24-33(42-8)23-32(41-7)22-31(40-6)21-30(39-5)20-29(38-4)18-14-2/h14,19,29-37H,2,13,15-18,20-27H2,1,3-12H3/b28-19+/t29-,30-,31-,32?,33?,34-,35-,36-,37-/m0/s1. The Morgan fingerprint density at radius 1 is 0.478 bits per heavy atom. The van der Waals surface area contributed by atoms with Crippen molar-refractivity contribution in [2.45, 2.75) is 152 Å². The smallest absolute Gasteiger partial charge is 0.0803 e. The molecule has 0 rings (SSSR count). The molecule has 0 fully saturated rings. The molecule has 46 heavy (non-hydrogen) atoms. The Bertz CT molecular complexity index is 734. The molecule has 9 nitrogen and oxygen atoms in total. The zero-order chi connectivity index (χ0) is 34.7. The lowest BCUT2D eigenvalue weighted by atomic mass is 9.94. The molecule has 0 aliphatic rings. The van der Waals surface area contributed by atoms with Gasteiger partial charge in [0.15, 0.2) is 0 Å². The van der Waals surface area contributed by atoms with E-state index in [1.165, 1.54) is 24.8 Å². The van der Waals surface area contributed by atoms with Crippen LogP contribution in [0, 0.1) is 0 Å². The molecule has 0 aliphatic heterocycles. The highest BCUT2D eigenvalue weighted by atomic mass is 16.5. The molecular weight excluding hydrogens is 588 g/mol. The minimum atomic E-state index is -0.0508. The van der Waals surface area contributed by atoms with Gasteiger partial charge in [-0.05, 0) is 70.3 Å². The van der Waals surface area contributed by atoms with Crippen LogP contribution in [-0.4, -0.2) is 119 Å². The van der Waals surface area contributed by atoms with Crippen molar-refractivity contribution in [2.75, 3.05) is 64.0 Å². The van der Waals surface area contributed by atoms with Gasteiger partial charge < -0.3 is 42.6 Å². The second kappa shape index (κ2) is 29.1. The van der Waals surface area contributed by atoms with E-state index in [0.29, 0.717) is 0 Å². The number of unbranched alkanes of at least 4 members (excludes halogenated alkanes) is 3. The van der Waals surface area contributed by atoms with Gasteiger partial charge in [-0.25, -0.2) is 0 Å². The summed E-state index contributed by atoms with van der Waals surface area (Å²) in [6.07, 6.45) is 15.6. The zero-order valence-corrected chi connectivity index (χ0v) is 31.4. The third kappa shape index (κ3) is 19.8. The fraction of sp³-hybridized carbons (Fsp3) is 0.892. The third-order valence-corrected chi connectivity index (χ3v) is 9.32. The van der Waals surface area contributed by atoms with Crippen LogP contribution < -0.4 is 0 Å². The predicted molar refractivity (Wildman–Crippen MR) is 187 cm³/mol. The molecule has 0 aromatic heterocycles. The van der Waals surface area contributed by atoms with E-state index >= 15 is 0 Å². The van der Waals surface area contributed by atoms with Crippen LogP contribution >= 0.6 is 0 Å². The van der Waals surface area contributed by atoms with Crippen LogP contribution in [0.15, 0.2) is 24.3 Å². The van der Waals surface area contributed by atoms with Crippen molar-refractivity contribution in [3.8, 4) is 0 Å². The maximum Gasteiger partial charge on any atom is 0.0803 e. The van der Waals surface area contributed by atoms with Gasteiger partial charge in [0.25, 0.3) is 0 Å². The molecule has 0 saturated carbocycles. The molecule has 0 saturated heterocycles. The van der Waals surface area contributed by atoms with Crippen LogP contribution in [0.1, 0.15) is 97.3 Å². The van der Waals surface area contributed by atoms with Gasteiger partial charge >= 0.3 is 0 Å². The Morgan fingerprint density at radius 2 is 0.804 bits per heavy atom. The number of hydrogen-bond donors (Lipinski definition) is 0. The maximum absolute atomic E-state index is 5.95. The van der Waals surface area contributed by atoms with Crippen molar-refractivity contribution in [1.29, 1.82) is 0 Å². The number of hydrogen-bond acceptors (Lipinski definition) is 9. The van der Waals surface area contributed by atoms with Crippen molar-refractivity contribution in [3.05, 3.63) is 24.3 Å². The van der Waals surface area contributed by atoms with Crippen LogP contribution in [0.4, 0.5) is 0 Å². The maximum atomic E-state index is 5.95. The predicted octanol–water partition coefficient (Wildman–Crippen LogP) is 7.34. The molecule has 0 aromatic rings. The monoisotopic (exact) mass is 661 g/mol. The molecule has 0 spiro atoms. The number of rotatable bonds is 32. The normalized spacial score (nSPS) is 18.4. The molecule has 9 heteroatoms. The molecular formula is C37H72O9. The highest BCUT2D eigenvalue weighted by Gasteiger charge is 2.28. The fourth-order valence-corrected chi connectivity index (χ4v) is 6.11. The van der Waals surface area contributed by atoms with Gasteiger partial charge in [-0.3, -0.25) is 0 Å². The third-order valence-electron chi connectivity index (χ3n) is 9.32. The summed E-state index contributed by atoms with van der Waals surface area (Å²) in [6.45, 7) is 8.22. The first-order chi connectivity index (χ1) is 22.2. The van der Waals surface area contributed by atoms with Crippen LogP contribution in [-0.2, 0) is 42.6 Å². The van der Waals surface area contributed by atoms with Gasteiger partial charge in [0, 0.05) is 76.8 Å². The van der Waals surface area contributed by atoms with Crippen LogP contribution in [0.5, 0.6) is 0 Å². The number of allylic oxidation sites excluding steroid dienone is 1. The summed E-state index contributed by atoms with van der Waals surface area (Å²) in [5.74, 6) is 0. The van der Waals surface area contributed by atoms with Gasteiger partial charge in [-0.15, -0.1) is 6.58 Å². The van der Waals surface area contributed by atoms with Crippen LogP contribution in [0.3, 0.4) is 0 Å². The van der Waals surface area contributed by atoms with E-state index in [4.69, 9.17) is 42.6 Å². The van der Waals surface area contributed by atoms with E-state index in [-0.39, 0.29) is 54.9 Å². The van der Waals surface area contributed by atoms with Crippen LogP contribution in [0.25, 0.3) is 0 Å². The Labute approximate surface area is 283 Å². The van der Waals surface area contributed by atoms with Crippen LogP contribution in [0.2, 0.25) is 0 Å². The van der Waals surface area contributed by atoms with E-state index in [1.54, 1.807) is 64.0 Å². The summed E-state index contributed by atoms with van der Waals surface area (Å²) < 4.78 is 52.8. The summed E-state index contributed by atoms with van der Waals surface area (Å²) >= 11 is 0. The fourth-order valence-electron chi connectivity index (χ4n) is 6.11. The highest BCUT2D eigenvalue weighted by Crippen LogP contribution is 2.25. The Balaban J connectivity index is 5.23. The lowest BCUT2D eigenvalue weighted by molar-refractivity contribution is -0.0577. The van der Waals surface area contributed by atoms with E-state index in [1.807, 2.05) is 6.08 Å². The molecule has 2 unspecified atom stereocenters. The zero-order valence-electron chi connectivity index (χ0n) is 31.4. The summed E-state index contributed by atoms with van der Waals surface area (Å²) in [7, 11) is 15.8. The second-order valence-electron chi connectivity index (χ2n) is 12.4. The molecule has 0 amide bonds. The van der Waals surface area contributed by atoms with E-state index in [2.05, 4.69) is 26.5 Å². The number of ether oxygens (including phenoxy) is 9. The van der Waals surface area contributed by atoms with Crippen molar-refractivity contribution in [1.82, 2.24) is 0 Å². The average Bonchev–Trinajstić information content (AvgIpc) is 3.08. The van der Waals surface area contributed by atoms with Gasteiger partial charge in [-0.2, -0.15) is 0 Å². The van der Waals surface area contributed by atoms with Gasteiger partial charge in [-0.1, -0.05) is 31.9 Å². The first-order valence-electron chi connectivity index (χ1n) is 17.2. The SMILES string of the molecule is C=CC[C@@H](C[C@@H](C[C@@H](CC(CC(C[C@@H](C[C@@H](C[C@@H](C[C@H](OC)/C(C)=C/CCCCC)OC)OC)OC)OC)OC)OC)OC)OC. The first-order valence-corrected chi connectivity index (χ1v) is 17.2. The Kier molecular flexibility index (Phi) is 28.5. The lowest BCUT2D eigenvalue weighted by Gasteiger charge is -2.30. The Hall–Kier alpha value is -0.880. The molecule has 0 N–H and O–H groups in total. The largest absolute Gasteiger partial charge is 0.381 e. The summed E-state index contributed by atoms with van der Waals surface area (Å²) in [6, 6.07) is 0. The minimum Gasteiger partial charge on any atom is -0.381 e. The quantitative estimate of drug-likeness (QED) is 0.0544. The van der Waals surface area contributed by atoms with Gasteiger partial charge in [0.2, 0.25) is 0 Å². The molecule has 0 radical (unpaired) electrons. The molecule has 9 atom stereocenters. The van der Waals surface area contributed by atoms with E-state index < -0.39 is 0 Å². The van der Waals surface area contributed by atoms with Crippen molar-refractivity contribution in [3.63, 3.8) is 0 Å². The van der Waals surface area contributed by atoms with Crippen molar-refractivity contribution < 1.29 is 42.6 Å². The van der Waals surface area contributed by atoms with Gasteiger partial charge in [0.05, 0.1) is 54.9 Å². The van der Waals surface area contributed by atoms with Gasteiger partial charge in [0.1, 0.15) is 0 Å². The molecule has 0 aliphatic carbocycles. The van der Waals surface area contributed by atoms with E-state index in [9.17, 15) is 0 Å². The topological polar surface area (TPSA) is 83.1 Å². The molecule has 274 valence electrons. The van der Waals surface area contributed by atoms with Crippen molar-refractivity contribution >= 4 is 0 Å². The lowest BCUT2D eigenvalue weighted by Crippen LogP contribution is -2.34. The summed E-state index contributed by atoms with van der Waals surface area (Å²) in [5.41, 5.74) is 1.26. The highest BCUT2D eigenvalue weighted by molar-refractivity contribution is 5.05. The first kappa shape index (κ1) is 45.1. The summed E-state index contributed by atoms with van der Waals surface area (Å²) in [4.78, 5) is 0. The summed E-state index contributed by atoms with van der Waals surface area (Å²) in [5, 5.41) is 0. The van der Waals surface area contributed by atoms with Crippen molar-refractivity contribution in [2.24, 2.45) is 0 Å².